The molecule has 1 aromatic rings. The number of hydrogen-bond acceptors (Lipinski definition) is 4. The number of nitrogens with zero attached hydrogens (tertiary/aromatic N) is 2. The summed E-state index contributed by atoms with van der Waals surface area (Å²) in [7, 11) is 0. The third-order valence-corrected chi connectivity index (χ3v) is 3.63. The number of aliphatic hydroxyl groups is 1. The molecule has 1 aliphatic rings. The van der Waals surface area contributed by atoms with Crippen LogP contribution in [0.15, 0.2) is 18.3 Å². The van der Waals surface area contributed by atoms with Crippen molar-refractivity contribution < 1.29 is 5.11 Å². The zero-order chi connectivity index (χ0) is 13.0. The smallest absolute Gasteiger partial charge is 0.130 e. The van der Waals surface area contributed by atoms with E-state index in [9.17, 15) is 5.11 Å². The van der Waals surface area contributed by atoms with Gasteiger partial charge in [0, 0.05) is 31.4 Å². The molecule has 0 radical (unpaired) electrons. The van der Waals surface area contributed by atoms with Crippen LogP contribution in [0.2, 0.25) is 0 Å². The van der Waals surface area contributed by atoms with E-state index in [4.69, 9.17) is 0 Å². The molecule has 0 amide bonds. The van der Waals surface area contributed by atoms with Gasteiger partial charge in [-0.1, -0.05) is 13.0 Å². The summed E-state index contributed by atoms with van der Waals surface area (Å²) in [5, 5.41) is 13.2. The predicted octanol–water partition coefficient (Wildman–Crippen LogP) is 1.72. The Hall–Kier alpha value is -1.13. The first-order valence-electron chi connectivity index (χ1n) is 6.79. The van der Waals surface area contributed by atoms with Crippen molar-refractivity contribution in [3.8, 4) is 0 Å². The van der Waals surface area contributed by atoms with Gasteiger partial charge in [-0.3, -0.25) is 4.90 Å². The Morgan fingerprint density at radius 1 is 1.56 bits per heavy atom. The van der Waals surface area contributed by atoms with Crippen LogP contribution in [0.25, 0.3) is 0 Å². The summed E-state index contributed by atoms with van der Waals surface area (Å²) in [4.78, 5) is 6.68. The van der Waals surface area contributed by atoms with Crippen LogP contribution in [0, 0.1) is 5.92 Å². The van der Waals surface area contributed by atoms with Crippen molar-refractivity contribution >= 4 is 5.82 Å². The lowest BCUT2D eigenvalue weighted by Crippen LogP contribution is -2.42. The largest absolute Gasteiger partial charge is 0.392 e. The fraction of sp³-hybridized carbons (Fsp3) is 0.643. The second-order valence-electron chi connectivity index (χ2n) is 5.11. The molecule has 1 aromatic heterocycles. The lowest BCUT2D eigenvalue weighted by Gasteiger charge is -2.34. The van der Waals surface area contributed by atoms with Gasteiger partial charge in [0.05, 0.1) is 6.10 Å². The lowest BCUT2D eigenvalue weighted by molar-refractivity contribution is 0.0259. The third kappa shape index (κ3) is 3.21. The lowest BCUT2D eigenvalue weighted by atomic mass is 9.96. The first-order chi connectivity index (χ1) is 8.70. The molecule has 1 saturated heterocycles. The van der Waals surface area contributed by atoms with Crippen molar-refractivity contribution in [1.82, 2.24) is 9.88 Å². The molecule has 100 valence electrons. The van der Waals surface area contributed by atoms with Gasteiger partial charge in [0.25, 0.3) is 0 Å². The van der Waals surface area contributed by atoms with Gasteiger partial charge in [-0.2, -0.15) is 0 Å². The van der Waals surface area contributed by atoms with Crippen molar-refractivity contribution in [2.24, 2.45) is 5.92 Å². The summed E-state index contributed by atoms with van der Waals surface area (Å²) in [6.07, 6.45) is 2.69. The second-order valence-corrected chi connectivity index (χ2v) is 5.11. The minimum Gasteiger partial charge on any atom is -0.392 e. The van der Waals surface area contributed by atoms with Crippen molar-refractivity contribution in [2.45, 2.75) is 32.9 Å². The Morgan fingerprint density at radius 2 is 2.39 bits per heavy atom. The number of rotatable bonds is 4. The molecule has 0 bridgehead atoms. The van der Waals surface area contributed by atoms with Crippen LogP contribution in [0.5, 0.6) is 0 Å². The highest BCUT2D eigenvalue weighted by Crippen LogP contribution is 2.21. The maximum absolute atomic E-state index is 9.93. The van der Waals surface area contributed by atoms with Gasteiger partial charge in [0.2, 0.25) is 0 Å². The van der Waals surface area contributed by atoms with Gasteiger partial charge in [-0.15, -0.1) is 0 Å². The SMILES string of the molecule is CCNc1ncccc1CN1CCC(C)C(O)C1. The number of aromatic nitrogens is 1. The van der Waals surface area contributed by atoms with E-state index < -0.39 is 0 Å². The standard InChI is InChI=1S/C14H23N3O/c1-3-15-14-12(5-4-7-16-14)9-17-8-6-11(2)13(18)10-17/h4-5,7,11,13,18H,3,6,8-10H2,1-2H3,(H,15,16). The zero-order valence-electron chi connectivity index (χ0n) is 11.3. The Balaban J connectivity index is 2.01. The zero-order valence-corrected chi connectivity index (χ0v) is 11.3. The molecule has 2 N–H and O–H groups in total. The van der Waals surface area contributed by atoms with Gasteiger partial charge in [0.15, 0.2) is 0 Å². The van der Waals surface area contributed by atoms with E-state index in [2.05, 4.69) is 35.1 Å². The second kappa shape index (κ2) is 6.16. The van der Waals surface area contributed by atoms with Crippen molar-refractivity contribution in [1.29, 1.82) is 0 Å². The minimum atomic E-state index is -0.196. The average Bonchev–Trinajstić information content (AvgIpc) is 2.37. The maximum Gasteiger partial charge on any atom is 0.130 e. The summed E-state index contributed by atoms with van der Waals surface area (Å²) >= 11 is 0. The molecule has 2 unspecified atom stereocenters. The van der Waals surface area contributed by atoms with E-state index in [1.807, 2.05) is 12.3 Å². The number of nitrogens with one attached hydrogen (secondary N) is 1. The fourth-order valence-corrected chi connectivity index (χ4v) is 2.39. The highest BCUT2D eigenvalue weighted by atomic mass is 16.3. The Kier molecular flexibility index (Phi) is 4.55. The van der Waals surface area contributed by atoms with Crippen molar-refractivity contribution in [2.75, 3.05) is 25.0 Å². The Bertz CT molecular complexity index is 383. The molecular formula is C14H23N3O. The van der Waals surface area contributed by atoms with E-state index in [0.717, 1.165) is 38.4 Å². The van der Waals surface area contributed by atoms with Gasteiger partial charge in [-0.05, 0) is 31.9 Å². The van der Waals surface area contributed by atoms with Crippen LogP contribution < -0.4 is 5.32 Å². The quantitative estimate of drug-likeness (QED) is 0.853. The topological polar surface area (TPSA) is 48.4 Å². The van der Waals surface area contributed by atoms with Crippen molar-refractivity contribution in [3.05, 3.63) is 23.9 Å². The summed E-state index contributed by atoms with van der Waals surface area (Å²) in [5.41, 5.74) is 1.21. The van der Waals surface area contributed by atoms with E-state index >= 15 is 0 Å². The molecule has 2 rings (SSSR count). The highest BCUT2D eigenvalue weighted by molar-refractivity contribution is 5.43. The Labute approximate surface area is 109 Å². The van der Waals surface area contributed by atoms with Gasteiger partial charge in [-0.25, -0.2) is 4.98 Å². The van der Waals surface area contributed by atoms with E-state index in [1.54, 1.807) is 0 Å². The molecule has 1 aliphatic heterocycles. The molecule has 2 atom stereocenters. The minimum absolute atomic E-state index is 0.196. The van der Waals surface area contributed by atoms with E-state index in [0.29, 0.717) is 5.92 Å². The molecule has 2 heterocycles. The number of β-amino-alcohol motifs (C(OH)–C–C–N with tert-alkyl or cyclic N) is 1. The van der Waals surface area contributed by atoms with Crippen LogP contribution in [-0.4, -0.2) is 40.7 Å². The number of piperidine rings is 1. The summed E-state index contributed by atoms with van der Waals surface area (Å²) in [5.74, 6) is 1.39. The van der Waals surface area contributed by atoms with Crippen LogP contribution in [0.1, 0.15) is 25.8 Å². The number of likely N-dealkylation sites (tertiary alicyclic amines) is 1. The summed E-state index contributed by atoms with van der Waals surface area (Å²) in [6.45, 7) is 7.75. The van der Waals surface area contributed by atoms with Crippen molar-refractivity contribution in [3.63, 3.8) is 0 Å². The summed E-state index contributed by atoms with van der Waals surface area (Å²) < 4.78 is 0. The molecule has 0 aliphatic carbocycles. The van der Waals surface area contributed by atoms with Crippen LogP contribution in [-0.2, 0) is 6.54 Å². The molecule has 4 nitrogen and oxygen atoms in total. The number of aliphatic hydroxyl groups excluding tert-OH is 1. The predicted molar refractivity (Wildman–Crippen MR) is 73.5 cm³/mol. The van der Waals surface area contributed by atoms with Gasteiger partial charge < -0.3 is 10.4 Å². The maximum atomic E-state index is 9.93. The highest BCUT2D eigenvalue weighted by Gasteiger charge is 2.24. The van der Waals surface area contributed by atoms with Gasteiger partial charge in [0.1, 0.15) is 5.82 Å². The number of hydrogen-bond donors (Lipinski definition) is 2. The summed E-state index contributed by atoms with van der Waals surface area (Å²) in [6, 6.07) is 4.08. The molecular weight excluding hydrogens is 226 g/mol. The number of anilines is 1. The van der Waals surface area contributed by atoms with Crippen LogP contribution in [0.3, 0.4) is 0 Å². The molecule has 4 heteroatoms. The first kappa shape index (κ1) is 13.3. The monoisotopic (exact) mass is 249 g/mol. The average molecular weight is 249 g/mol. The number of pyridine rings is 1. The molecule has 0 spiro atoms. The molecule has 0 saturated carbocycles. The van der Waals surface area contributed by atoms with E-state index in [-0.39, 0.29) is 6.10 Å². The van der Waals surface area contributed by atoms with Crippen LogP contribution >= 0.6 is 0 Å². The molecule has 1 fully saturated rings. The third-order valence-electron chi connectivity index (χ3n) is 3.63. The normalized spacial score (nSPS) is 25.1. The Morgan fingerprint density at radius 3 is 3.11 bits per heavy atom. The molecule has 18 heavy (non-hydrogen) atoms. The fourth-order valence-electron chi connectivity index (χ4n) is 2.39. The van der Waals surface area contributed by atoms with Crippen LogP contribution in [0.4, 0.5) is 5.82 Å². The molecule has 0 aromatic carbocycles. The van der Waals surface area contributed by atoms with E-state index in [1.165, 1.54) is 5.56 Å². The first-order valence-corrected chi connectivity index (χ1v) is 6.79. The van der Waals surface area contributed by atoms with Gasteiger partial charge >= 0.3 is 0 Å².